The standard InChI is InChI=1S/C23H17ClF3N5O2/c1-29-14-5-2-12(3-6-14)8-19(33)31-10-17-20(23(28)34)21(13-4-7-16(25)15(24)9-13)30-32(17)18(11-31)22(26)27/h2-7,9,18,22H,8,10-11H2,(H2,28,34)/t18-/m0/s1. The van der Waals surface area contributed by atoms with Gasteiger partial charge in [-0.2, -0.15) is 5.10 Å². The first kappa shape index (κ1) is 23.3. The van der Waals surface area contributed by atoms with Gasteiger partial charge in [0.25, 0.3) is 12.3 Å². The van der Waals surface area contributed by atoms with Gasteiger partial charge in [0.15, 0.2) is 5.69 Å². The Labute approximate surface area is 197 Å². The molecule has 1 aliphatic heterocycles. The van der Waals surface area contributed by atoms with Crippen LogP contribution in [0.15, 0.2) is 42.5 Å². The lowest BCUT2D eigenvalue weighted by Crippen LogP contribution is -2.44. The molecule has 2 amide bonds. The lowest BCUT2D eigenvalue weighted by Gasteiger charge is -2.34. The molecule has 0 saturated heterocycles. The molecule has 1 atom stereocenters. The highest BCUT2D eigenvalue weighted by Crippen LogP contribution is 2.35. The Kier molecular flexibility index (Phi) is 6.30. The highest BCUT2D eigenvalue weighted by atomic mass is 35.5. The normalized spacial score (nSPS) is 15.2. The monoisotopic (exact) mass is 487 g/mol. The molecule has 7 nitrogen and oxygen atoms in total. The number of benzene rings is 2. The number of aromatic nitrogens is 2. The van der Waals surface area contributed by atoms with Gasteiger partial charge in [0, 0.05) is 12.1 Å². The van der Waals surface area contributed by atoms with Gasteiger partial charge in [0.2, 0.25) is 5.91 Å². The minimum atomic E-state index is -2.89. The summed E-state index contributed by atoms with van der Waals surface area (Å²) in [7, 11) is 0. The zero-order valence-corrected chi connectivity index (χ0v) is 18.3. The molecule has 11 heteroatoms. The number of carbonyl (C=O) groups excluding carboxylic acids is 2. The van der Waals surface area contributed by atoms with Crippen molar-refractivity contribution in [3.05, 3.63) is 81.5 Å². The molecule has 2 heterocycles. The van der Waals surface area contributed by atoms with Gasteiger partial charge in [0.1, 0.15) is 17.6 Å². The third-order valence-corrected chi connectivity index (χ3v) is 5.87. The second-order valence-electron chi connectivity index (χ2n) is 7.74. The molecule has 1 aromatic heterocycles. The zero-order valence-electron chi connectivity index (χ0n) is 17.5. The summed E-state index contributed by atoms with van der Waals surface area (Å²) in [6, 6.07) is 8.47. The highest BCUT2D eigenvalue weighted by molar-refractivity contribution is 6.31. The predicted octanol–water partition coefficient (Wildman–Crippen LogP) is 4.38. The lowest BCUT2D eigenvalue weighted by molar-refractivity contribution is -0.133. The van der Waals surface area contributed by atoms with E-state index in [-0.39, 0.29) is 47.0 Å². The molecule has 3 aromatic rings. The first-order valence-corrected chi connectivity index (χ1v) is 10.5. The Bertz CT molecular complexity index is 1320. The fraction of sp³-hybridized carbons (Fsp3) is 0.217. The molecule has 4 rings (SSSR count). The van der Waals surface area contributed by atoms with E-state index >= 15 is 0 Å². The maximum absolute atomic E-state index is 14.0. The minimum Gasteiger partial charge on any atom is -0.365 e. The summed E-state index contributed by atoms with van der Waals surface area (Å²) in [5.74, 6) is -2.05. The number of hydrogen-bond donors (Lipinski definition) is 1. The summed E-state index contributed by atoms with van der Waals surface area (Å²) < 4.78 is 42.6. The number of primary amides is 1. The van der Waals surface area contributed by atoms with Crippen molar-refractivity contribution in [3.8, 4) is 11.3 Å². The number of amides is 2. The first-order valence-electron chi connectivity index (χ1n) is 10.1. The number of alkyl halides is 2. The SMILES string of the molecule is [C-]#[N+]c1ccc(CC(=O)N2Cc3c(C(N)=O)c(-c4ccc(F)c(Cl)c4)nn3[C@H](C(F)F)C2)cc1. The molecule has 0 spiro atoms. The van der Waals surface area contributed by atoms with E-state index in [2.05, 4.69) is 9.94 Å². The second-order valence-corrected chi connectivity index (χ2v) is 8.15. The minimum absolute atomic E-state index is 0.0147. The third-order valence-electron chi connectivity index (χ3n) is 5.58. The second kappa shape index (κ2) is 9.19. The fourth-order valence-electron chi connectivity index (χ4n) is 3.90. The van der Waals surface area contributed by atoms with Crippen LogP contribution in [0.3, 0.4) is 0 Å². The summed E-state index contributed by atoms with van der Waals surface area (Å²) >= 11 is 5.85. The van der Waals surface area contributed by atoms with E-state index in [1.54, 1.807) is 24.3 Å². The van der Waals surface area contributed by atoms with Gasteiger partial charge in [-0.05, 0) is 23.8 Å². The Morgan fingerprint density at radius 3 is 2.53 bits per heavy atom. The molecule has 2 aromatic carbocycles. The molecule has 34 heavy (non-hydrogen) atoms. The quantitative estimate of drug-likeness (QED) is 0.542. The molecule has 0 bridgehead atoms. The molecule has 0 radical (unpaired) electrons. The van der Waals surface area contributed by atoms with Gasteiger partial charge in [-0.1, -0.05) is 35.9 Å². The van der Waals surface area contributed by atoms with Gasteiger partial charge in [-0.15, -0.1) is 0 Å². The smallest absolute Gasteiger partial charge is 0.262 e. The summed E-state index contributed by atoms with van der Waals surface area (Å²) in [5, 5.41) is 3.97. The van der Waals surface area contributed by atoms with E-state index in [0.29, 0.717) is 11.3 Å². The molecule has 2 N–H and O–H groups in total. The van der Waals surface area contributed by atoms with Crippen LogP contribution in [-0.2, 0) is 17.8 Å². The molecule has 0 fully saturated rings. The summed E-state index contributed by atoms with van der Waals surface area (Å²) in [4.78, 5) is 29.8. The highest BCUT2D eigenvalue weighted by Gasteiger charge is 2.38. The number of halogens is 4. The maximum atomic E-state index is 14.0. The lowest BCUT2D eigenvalue weighted by atomic mass is 10.0. The van der Waals surface area contributed by atoms with Crippen molar-refractivity contribution in [1.29, 1.82) is 0 Å². The van der Waals surface area contributed by atoms with Gasteiger partial charge < -0.3 is 10.6 Å². The van der Waals surface area contributed by atoms with Crippen molar-refractivity contribution < 1.29 is 22.8 Å². The van der Waals surface area contributed by atoms with E-state index in [4.69, 9.17) is 23.9 Å². The van der Waals surface area contributed by atoms with Gasteiger partial charge in [-0.25, -0.2) is 18.0 Å². The number of nitrogens with two attached hydrogens (primary N) is 1. The first-order chi connectivity index (χ1) is 16.2. The average Bonchev–Trinajstić information content (AvgIpc) is 3.20. The number of nitrogens with zero attached hydrogens (tertiary/aromatic N) is 4. The molecule has 174 valence electrons. The Balaban J connectivity index is 1.72. The van der Waals surface area contributed by atoms with Crippen LogP contribution in [0.5, 0.6) is 0 Å². The summed E-state index contributed by atoms with van der Waals surface area (Å²) in [6.07, 6.45) is -2.97. The van der Waals surface area contributed by atoms with Crippen molar-refractivity contribution in [1.82, 2.24) is 14.7 Å². The van der Waals surface area contributed by atoms with Crippen molar-refractivity contribution >= 4 is 29.1 Å². The molecule has 0 saturated carbocycles. The maximum Gasteiger partial charge on any atom is 0.262 e. The predicted molar refractivity (Wildman–Crippen MR) is 118 cm³/mol. The van der Waals surface area contributed by atoms with E-state index in [1.807, 2.05) is 0 Å². The molecule has 0 aliphatic carbocycles. The topological polar surface area (TPSA) is 85.6 Å². The van der Waals surface area contributed by atoms with Crippen molar-refractivity contribution in [2.24, 2.45) is 5.73 Å². The van der Waals surface area contributed by atoms with Gasteiger partial charge >= 0.3 is 0 Å². The molecule has 1 aliphatic rings. The van der Waals surface area contributed by atoms with E-state index < -0.39 is 30.1 Å². The van der Waals surface area contributed by atoms with Crippen LogP contribution in [0.1, 0.15) is 27.7 Å². The Hall–Kier alpha value is -3.84. The van der Waals surface area contributed by atoms with Crippen molar-refractivity contribution in [2.45, 2.75) is 25.4 Å². The van der Waals surface area contributed by atoms with Crippen LogP contribution in [0, 0.1) is 12.4 Å². The van der Waals surface area contributed by atoms with E-state index in [1.165, 1.54) is 17.0 Å². The largest absolute Gasteiger partial charge is 0.365 e. The number of hydrogen-bond acceptors (Lipinski definition) is 3. The third kappa shape index (κ3) is 4.34. The molecular formula is C23H17ClF3N5O2. The summed E-state index contributed by atoms with van der Waals surface area (Å²) in [6.45, 7) is 6.51. The van der Waals surface area contributed by atoms with Crippen molar-refractivity contribution in [2.75, 3.05) is 6.54 Å². The molecular weight excluding hydrogens is 471 g/mol. The fourth-order valence-corrected chi connectivity index (χ4v) is 4.08. The van der Waals surface area contributed by atoms with Crippen molar-refractivity contribution in [3.63, 3.8) is 0 Å². The van der Waals surface area contributed by atoms with E-state index in [9.17, 15) is 22.8 Å². The average molecular weight is 488 g/mol. The van der Waals surface area contributed by atoms with Crippen LogP contribution < -0.4 is 5.73 Å². The number of carbonyl (C=O) groups is 2. The van der Waals surface area contributed by atoms with Gasteiger partial charge in [0.05, 0.1) is 35.8 Å². The Morgan fingerprint density at radius 2 is 1.94 bits per heavy atom. The molecule has 0 unspecified atom stereocenters. The van der Waals surface area contributed by atoms with Crippen LogP contribution in [0.4, 0.5) is 18.9 Å². The van der Waals surface area contributed by atoms with Crippen LogP contribution in [0.25, 0.3) is 16.1 Å². The van der Waals surface area contributed by atoms with E-state index in [0.717, 1.165) is 10.7 Å². The zero-order chi connectivity index (χ0) is 24.6. The van der Waals surface area contributed by atoms with Crippen LogP contribution in [-0.4, -0.2) is 39.5 Å². The number of fused-ring (bicyclic) bond motifs is 1. The Morgan fingerprint density at radius 1 is 1.24 bits per heavy atom. The van der Waals surface area contributed by atoms with Gasteiger partial charge in [-0.3, -0.25) is 14.3 Å². The summed E-state index contributed by atoms with van der Waals surface area (Å²) in [5.41, 5.74) is 6.74. The van der Waals surface area contributed by atoms with Crippen LogP contribution >= 0.6 is 11.6 Å². The van der Waals surface area contributed by atoms with Crippen LogP contribution in [0.2, 0.25) is 5.02 Å². The number of rotatable bonds is 5.